The van der Waals surface area contributed by atoms with Gasteiger partial charge in [0, 0.05) is 35.8 Å². The van der Waals surface area contributed by atoms with E-state index in [4.69, 9.17) is 0 Å². The number of pyridine rings is 1. The zero-order chi connectivity index (χ0) is 26.6. The highest BCUT2D eigenvalue weighted by Gasteiger charge is 2.40. The Morgan fingerprint density at radius 2 is 1.89 bits per heavy atom. The highest BCUT2D eigenvalue weighted by Crippen LogP contribution is 2.42. The van der Waals surface area contributed by atoms with E-state index in [-0.39, 0.29) is 23.4 Å². The summed E-state index contributed by atoms with van der Waals surface area (Å²) in [4.78, 5) is 30.9. The first-order chi connectivity index (χ1) is 18.5. The number of aryl methyl sites for hydroxylation is 1. The third kappa shape index (κ3) is 4.97. The molecule has 1 aliphatic rings. The number of carbonyl (C=O) groups is 1. The summed E-state index contributed by atoms with van der Waals surface area (Å²) in [6, 6.07) is 9.90. The summed E-state index contributed by atoms with van der Waals surface area (Å²) in [6.07, 6.45) is 11.3. The van der Waals surface area contributed by atoms with Crippen LogP contribution < -0.4 is 5.69 Å². The van der Waals surface area contributed by atoms with Gasteiger partial charge in [0.2, 0.25) is 5.82 Å². The van der Waals surface area contributed by atoms with Crippen LogP contribution in [-0.4, -0.2) is 40.5 Å². The second kappa shape index (κ2) is 11.2. The molecule has 0 bridgehead atoms. The molecule has 1 fully saturated rings. The van der Waals surface area contributed by atoms with Crippen molar-refractivity contribution in [2.24, 2.45) is 11.8 Å². The molecule has 5 rings (SSSR count). The van der Waals surface area contributed by atoms with Crippen LogP contribution in [0.3, 0.4) is 0 Å². The largest absolute Gasteiger partial charge is 0.328 e. The van der Waals surface area contributed by atoms with Gasteiger partial charge in [-0.2, -0.15) is 5.21 Å². The molecule has 3 aromatic heterocycles. The fourth-order valence-electron chi connectivity index (χ4n) is 5.95. The zero-order valence-electron chi connectivity index (χ0n) is 22.3. The van der Waals surface area contributed by atoms with Gasteiger partial charge in [0.1, 0.15) is 5.78 Å². The van der Waals surface area contributed by atoms with Gasteiger partial charge in [0.05, 0.1) is 12.6 Å². The van der Waals surface area contributed by atoms with Gasteiger partial charge in [-0.3, -0.25) is 18.9 Å². The number of rotatable bonds is 10. The van der Waals surface area contributed by atoms with E-state index >= 15 is 0 Å². The summed E-state index contributed by atoms with van der Waals surface area (Å²) in [5.41, 5.74) is 4.87. The van der Waals surface area contributed by atoms with Gasteiger partial charge < -0.3 is 0 Å². The number of nitrogens with one attached hydrogen (secondary N) is 1. The van der Waals surface area contributed by atoms with Crippen molar-refractivity contribution < 1.29 is 4.79 Å². The first-order valence-electron chi connectivity index (χ1n) is 13.6. The van der Waals surface area contributed by atoms with Crippen molar-refractivity contribution in [2.75, 3.05) is 0 Å². The second-order valence-electron chi connectivity index (χ2n) is 10.3. The minimum Gasteiger partial charge on any atom is -0.300 e. The maximum atomic E-state index is 14.0. The average Bonchev–Trinajstić information content (AvgIpc) is 3.68. The summed E-state index contributed by atoms with van der Waals surface area (Å²) in [5.74, 6) is 0.961. The number of aromatic nitrogens is 7. The number of hydrogen-bond acceptors (Lipinski definition) is 6. The number of hydrogen-bond donors (Lipinski definition) is 1. The maximum absolute atomic E-state index is 14.0. The van der Waals surface area contributed by atoms with Crippen LogP contribution in [0.4, 0.5) is 0 Å². The number of ketones is 1. The average molecular weight is 514 g/mol. The van der Waals surface area contributed by atoms with Gasteiger partial charge in [-0.05, 0) is 66.5 Å². The predicted octanol–water partition coefficient (Wildman–Crippen LogP) is 4.85. The van der Waals surface area contributed by atoms with Gasteiger partial charge >= 0.3 is 5.69 Å². The van der Waals surface area contributed by atoms with Crippen LogP contribution in [-0.2, 0) is 17.8 Å². The van der Waals surface area contributed by atoms with Gasteiger partial charge in [0.25, 0.3) is 0 Å². The molecule has 3 unspecified atom stereocenters. The lowest BCUT2D eigenvalue weighted by Crippen LogP contribution is -2.34. The number of tetrazole rings is 1. The van der Waals surface area contributed by atoms with E-state index in [2.05, 4.69) is 39.5 Å². The fourth-order valence-corrected chi connectivity index (χ4v) is 5.95. The van der Waals surface area contributed by atoms with Crippen molar-refractivity contribution >= 4 is 5.78 Å². The summed E-state index contributed by atoms with van der Waals surface area (Å²) in [5, 5.41) is 14.2. The van der Waals surface area contributed by atoms with Crippen LogP contribution in [0.25, 0.3) is 22.5 Å². The number of H-pyrrole nitrogens is 1. The predicted molar refractivity (Wildman–Crippen MR) is 145 cm³/mol. The molecule has 1 aliphatic carbocycles. The number of nitrogens with zero attached hydrogens (tertiary/aromatic N) is 6. The third-order valence-electron chi connectivity index (χ3n) is 8.02. The Balaban J connectivity index is 1.52. The smallest absolute Gasteiger partial charge is 0.300 e. The molecule has 0 saturated heterocycles. The standard InChI is InChI=1S/C29H35N7O2/c1-4-6-7-24-18-36(27-20(5-2)12-13-25(27)19(3)37)29(38)35(24)17-23-16-30-15-14-26(23)21-8-10-22(11-9-21)28-31-33-34-32-28/h8-11,14-16,18,20,25,27H,4-7,12-13,17H2,1-3H3,(H,31,32,33,34). The molecule has 198 valence electrons. The highest BCUT2D eigenvalue weighted by atomic mass is 16.2. The van der Waals surface area contributed by atoms with Gasteiger partial charge in [0.15, 0.2) is 0 Å². The molecule has 4 aromatic rings. The van der Waals surface area contributed by atoms with Crippen LogP contribution in [0.2, 0.25) is 0 Å². The Morgan fingerprint density at radius 3 is 2.58 bits per heavy atom. The molecule has 1 aromatic carbocycles. The Bertz CT molecular complexity index is 1440. The Hall–Kier alpha value is -3.88. The number of benzene rings is 1. The molecule has 1 saturated carbocycles. The van der Waals surface area contributed by atoms with E-state index < -0.39 is 0 Å². The van der Waals surface area contributed by atoms with Gasteiger partial charge in [-0.1, -0.05) is 51.0 Å². The zero-order valence-corrected chi connectivity index (χ0v) is 22.3. The van der Waals surface area contributed by atoms with Gasteiger partial charge in [-0.15, -0.1) is 10.2 Å². The summed E-state index contributed by atoms with van der Waals surface area (Å²) in [6.45, 7) is 6.41. The molecule has 38 heavy (non-hydrogen) atoms. The number of carbonyl (C=O) groups excluding carboxylic acids is 1. The van der Waals surface area contributed by atoms with Crippen LogP contribution >= 0.6 is 0 Å². The monoisotopic (exact) mass is 513 g/mol. The molecular weight excluding hydrogens is 478 g/mol. The second-order valence-corrected chi connectivity index (χ2v) is 10.3. The number of Topliss-reactive ketones (excluding diaryl/α,β-unsaturated/α-hetero) is 1. The quantitative estimate of drug-likeness (QED) is 0.325. The molecule has 3 heterocycles. The molecule has 9 nitrogen and oxygen atoms in total. The maximum Gasteiger partial charge on any atom is 0.328 e. The van der Waals surface area contributed by atoms with Crippen molar-refractivity contribution in [3.8, 4) is 22.5 Å². The first kappa shape index (κ1) is 25.8. The van der Waals surface area contributed by atoms with E-state index in [1.807, 2.05) is 51.9 Å². The van der Waals surface area contributed by atoms with E-state index in [0.717, 1.165) is 66.5 Å². The number of unbranched alkanes of at least 4 members (excludes halogenated alkanes) is 1. The van der Waals surface area contributed by atoms with E-state index in [9.17, 15) is 9.59 Å². The normalized spacial score (nSPS) is 19.2. The topological polar surface area (TPSA) is 111 Å². The number of imidazole rings is 1. The summed E-state index contributed by atoms with van der Waals surface area (Å²) >= 11 is 0. The minimum atomic E-state index is -0.0980. The molecule has 1 N–H and O–H groups in total. The molecule has 0 aliphatic heterocycles. The lowest BCUT2D eigenvalue weighted by molar-refractivity contribution is -0.121. The third-order valence-corrected chi connectivity index (χ3v) is 8.02. The minimum absolute atomic E-state index is 0.0324. The van der Waals surface area contributed by atoms with Gasteiger partial charge in [-0.25, -0.2) is 4.79 Å². The van der Waals surface area contributed by atoms with E-state index in [0.29, 0.717) is 18.3 Å². The molecular formula is C29H35N7O2. The number of aromatic amines is 1. The highest BCUT2D eigenvalue weighted by molar-refractivity contribution is 5.79. The lowest BCUT2D eigenvalue weighted by atomic mass is 9.93. The van der Waals surface area contributed by atoms with Crippen molar-refractivity contribution in [1.82, 2.24) is 34.7 Å². The van der Waals surface area contributed by atoms with Crippen molar-refractivity contribution in [1.29, 1.82) is 0 Å². The molecule has 3 atom stereocenters. The summed E-state index contributed by atoms with van der Waals surface area (Å²) in [7, 11) is 0. The molecule has 9 heteroatoms. The Morgan fingerprint density at radius 1 is 1.11 bits per heavy atom. The van der Waals surface area contributed by atoms with Crippen LogP contribution in [0.15, 0.2) is 53.7 Å². The van der Waals surface area contributed by atoms with Crippen LogP contribution in [0, 0.1) is 11.8 Å². The Labute approximate surface area is 222 Å². The van der Waals surface area contributed by atoms with E-state index in [1.54, 1.807) is 13.1 Å². The summed E-state index contributed by atoms with van der Waals surface area (Å²) < 4.78 is 3.78. The SMILES string of the molecule is CCCCc1cn(C2C(CC)CCC2C(C)=O)c(=O)n1Cc1cnccc1-c1ccc(-c2nn[nH]n2)cc1. The van der Waals surface area contributed by atoms with Crippen molar-refractivity contribution in [3.05, 3.63) is 70.7 Å². The van der Waals surface area contributed by atoms with Crippen molar-refractivity contribution in [3.63, 3.8) is 0 Å². The molecule has 0 radical (unpaired) electrons. The lowest BCUT2D eigenvalue weighted by Gasteiger charge is -2.23. The molecule has 0 spiro atoms. The van der Waals surface area contributed by atoms with Crippen LogP contribution in [0.5, 0.6) is 0 Å². The Kier molecular flexibility index (Phi) is 7.62. The van der Waals surface area contributed by atoms with Crippen molar-refractivity contribution in [2.45, 2.75) is 71.9 Å². The molecule has 0 amide bonds. The van der Waals surface area contributed by atoms with E-state index in [1.165, 1.54) is 0 Å². The van der Waals surface area contributed by atoms with Crippen LogP contribution in [0.1, 0.15) is 70.2 Å². The fraction of sp³-hybridized carbons (Fsp3) is 0.448. The first-order valence-corrected chi connectivity index (χ1v) is 13.6.